The molecule has 0 fully saturated rings. The lowest BCUT2D eigenvalue weighted by Gasteiger charge is -2.15. The summed E-state index contributed by atoms with van der Waals surface area (Å²) in [5.41, 5.74) is 4.25. The van der Waals surface area contributed by atoms with Gasteiger partial charge in [0.25, 0.3) is 0 Å². The molecule has 1 heterocycles. The van der Waals surface area contributed by atoms with Crippen LogP contribution in [0.1, 0.15) is 42.0 Å². The van der Waals surface area contributed by atoms with E-state index in [9.17, 15) is 15.2 Å². The number of carbonyl (C=O) groups is 1. The molecule has 8 heteroatoms. The van der Waals surface area contributed by atoms with Crippen molar-refractivity contribution in [3.8, 4) is 6.19 Å². The Kier molecular flexibility index (Phi) is 9.54. The second-order valence-electron chi connectivity index (χ2n) is 7.67. The van der Waals surface area contributed by atoms with Crippen molar-refractivity contribution in [2.75, 3.05) is 11.9 Å². The van der Waals surface area contributed by atoms with Gasteiger partial charge in [0.1, 0.15) is 6.04 Å². The van der Waals surface area contributed by atoms with E-state index in [-0.39, 0.29) is 19.0 Å². The van der Waals surface area contributed by atoms with E-state index in [1.54, 1.807) is 12.4 Å². The van der Waals surface area contributed by atoms with E-state index >= 15 is 0 Å². The molecular formula is C27H27N5O3. The highest BCUT2D eigenvalue weighted by Gasteiger charge is 2.12. The zero-order valence-corrected chi connectivity index (χ0v) is 19.1. The lowest BCUT2D eigenvalue weighted by molar-refractivity contribution is -0.137. The number of allylic oxidation sites excluding steroid dienone is 1. The second kappa shape index (κ2) is 13.3. The molecule has 0 amide bonds. The Labute approximate surface area is 204 Å². The first-order valence-corrected chi connectivity index (χ1v) is 11.2. The molecular weight excluding hydrogens is 442 g/mol. The predicted octanol–water partition coefficient (Wildman–Crippen LogP) is 4.34. The van der Waals surface area contributed by atoms with Crippen molar-refractivity contribution < 1.29 is 15.0 Å². The molecule has 0 spiro atoms. The SMILES string of the molecule is N#CNC(=NC(CO)c1ccccc1)Nc1cccc(/C(=C\CCCC(=O)O)c2cccnc2)c1. The van der Waals surface area contributed by atoms with Gasteiger partial charge in [-0.15, -0.1) is 0 Å². The van der Waals surface area contributed by atoms with Crippen LogP contribution in [0.25, 0.3) is 5.57 Å². The molecule has 3 aromatic rings. The average molecular weight is 470 g/mol. The van der Waals surface area contributed by atoms with Gasteiger partial charge in [-0.3, -0.25) is 15.1 Å². The number of nitrogens with one attached hydrogen (secondary N) is 2. The van der Waals surface area contributed by atoms with Gasteiger partial charge in [0, 0.05) is 30.1 Å². The standard InChI is InChI=1S/C27H27N5O3/c28-19-30-27(32-25(18-33)20-8-2-1-3-9-20)31-23-12-6-10-21(16-23)24(13-4-5-14-26(34)35)22-11-7-15-29-17-22/h1-3,6-13,15-17,25,33H,4-5,14,18H2,(H,34,35)(H2,30,31,32)/b24-13+. The number of hydrogen-bond donors (Lipinski definition) is 4. The van der Waals surface area contributed by atoms with Crippen LogP contribution in [0.4, 0.5) is 5.69 Å². The maximum atomic E-state index is 10.9. The van der Waals surface area contributed by atoms with Gasteiger partial charge in [-0.1, -0.05) is 54.6 Å². The first kappa shape index (κ1) is 25.1. The smallest absolute Gasteiger partial charge is 0.303 e. The van der Waals surface area contributed by atoms with Crippen molar-refractivity contribution in [2.45, 2.75) is 25.3 Å². The largest absolute Gasteiger partial charge is 0.481 e. The number of aliphatic imine (C=N–C) groups is 1. The van der Waals surface area contributed by atoms with Gasteiger partial charge in [-0.05, 0) is 47.7 Å². The molecule has 178 valence electrons. The van der Waals surface area contributed by atoms with Gasteiger partial charge >= 0.3 is 5.97 Å². The van der Waals surface area contributed by atoms with E-state index in [0.29, 0.717) is 18.5 Å². The quantitative estimate of drug-likeness (QED) is 0.114. The van der Waals surface area contributed by atoms with Crippen LogP contribution in [0.2, 0.25) is 0 Å². The highest BCUT2D eigenvalue weighted by atomic mass is 16.4. The summed E-state index contributed by atoms with van der Waals surface area (Å²) in [6.45, 7) is -0.216. The number of aliphatic hydroxyl groups excluding tert-OH is 1. The highest BCUT2D eigenvalue weighted by molar-refractivity contribution is 5.95. The number of guanidine groups is 1. The molecule has 0 aliphatic carbocycles. The average Bonchev–Trinajstić information content (AvgIpc) is 2.88. The second-order valence-corrected chi connectivity index (χ2v) is 7.67. The minimum absolute atomic E-state index is 0.103. The van der Waals surface area contributed by atoms with Crippen LogP contribution in [-0.2, 0) is 4.79 Å². The van der Waals surface area contributed by atoms with Crippen molar-refractivity contribution >= 4 is 23.2 Å². The normalized spacial score (nSPS) is 12.5. The lowest BCUT2D eigenvalue weighted by atomic mass is 9.97. The maximum Gasteiger partial charge on any atom is 0.303 e. The summed E-state index contributed by atoms with van der Waals surface area (Å²) < 4.78 is 0. The Balaban J connectivity index is 1.88. The van der Waals surface area contributed by atoms with E-state index in [4.69, 9.17) is 5.11 Å². The molecule has 0 aliphatic rings. The minimum atomic E-state index is -0.818. The molecule has 0 radical (unpaired) electrons. The van der Waals surface area contributed by atoms with Crippen molar-refractivity contribution in [3.63, 3.8) is 0 Å². The van der Waals surface area contributed by atoms with Crippen molar-refractivity contribution in [1.29, 1.82) is 5.26 Å². The topological polar surface area (TPSA) is 131 Å². The minimum Gasteiger partial charge on any atom is -0.481 e. The third-order valence-corrected chi connectivity index (χ3v) is 5.17. The molecule has 0 bridgehead atoms. The maximum absolute atomic E-state index is 10.9. The molecule has 2 aromatic carbocycles. The molecule has 0 saturated heterocycles. The van der Waals surface area contributed by atoms with Gasteiger partial charge < -0.3 is 15.5 Å². The molecule has 4 N–H and O–H groups in total. The number of carboxylic acids is 1. The zero-order valence-electron chi connectivity index (χ0n) is 19.1. The number of benzene rings is 2. The number of pyridine rings is 1. The third kappa shape index (κ3) is 7.81. The number of anilines is 1. The van der Waals surface area contributed by atoms with Crippen molar-refractivity contribution in [1.82, 2.24) is 10.3 Å². The molecule has 0 aliphatic heterocycles. The number of aliphatic carboxylic acids is 1. The van der Waals surface area contributed by atoms with Crippen LogP contribution in [-0.4, -0.2) is 33.7 Å². The number of unbranched alkanes of at least 4 members (excludes halogenated alkanes) is 1. The molecule has 1 unspecified atom stereocenters. The number of aliphatic hydroxyl groups is 1. The molecule has 8 nitrogen and oxygen atoms in total. The summed E-state index contributed by atoms with van der Waals surface area (Å²) in [5.74, 6) is -0.609. The Morgan fingerprint density at radius 1 is 1.11 bits per heavy atom. The number of hydrogen-bond acceptors (Lipinski definition) is 5. The lowest BCUT2D eigenvalue weighted by Crippen LogP contribution is -2.28. The van der Waals surface area contributed by atoms with Gasteiger partial charge in [-0.25, -0.2) is 4.99 Å². The summed E-state index contributed by atoms with van der Waals surface area (Å²) in [6.07, 6.45) is 8.59. The Hall–Kier alpha value is -4.48. The number of aromatic nitrogens is 1. The van der Waals surface area contributed by atoms with E-state index in [2.05, 4.69) is 20.6 Å². The molecule has 0 saturated carbocycles. The molecule has 1 aromatic heterocycles. The van der Waals surface area contributed by atoms with Crippen LogP contribution < -0.4 is 10.6 Å². The number of rotatable bonds is 10. The van der Waals surface area contributed by atoms with Crippen LogP contribution in [0, 0.1) is 11.5 Å². The highest BCUT2D eigenvalue weighted by Crippen LogP contribution is 2.26. The van der Waals surface area contributed by atoms with Crippen LogP contribution in [0.3, 0.4) is 0 Å². The summed E-state index contributed by atoms with van der Waals surface area (Å²) in [6, 6.07) is 20.2. The monoisotopic (exact) mass is 469 g/mol. The molecule has 3 rings (SSSR count). The predicted molar refractivity (Wildman–Crippen MR) is 135 cm³/mol. The van der Waals surface area contributed by atoms with Crippen LogP contribution in [0.15, 0.2) is 90.2 Å². The van der Waals surface area contributed by atoms with Gasteiger partial charge in [0.05, 0.1) is 6.61 Å². The zero-order chi connectivity index (χ0) is 24.9. The van der Waals surface area contributed by atoms with Crippen molar-refractivity contribution in [2.24, 2.45) is 4.99 Å². The fourth-order valence-corrected chi connectivity index (χ4v) is 3.53. The number of carboxylic acid groups (broad SMARTS) is 1. The first-order chi connectivity index (χ1) is 17.1. The van der Waals surface area contributed by atoms with Gasteiger partial charge in [-0.2, -0.15) is 5.26 Å². The van der Waals surface area contributed by atoms with Crippen LogP contribution >= 0.6 is 0 Å². The molecule has 35 heavy (non-hydrogen) atoms. The summed E-state index contributed by atoms with van der Waals surface area (Å²) in [5, 5.41) is 33.7. The van der Waals surface area contributed by atoms with Gasteiger partial charge in [0.2, 0.25) is 5.96 Å². The Morgan fingerprint density at radius 2 is 1.91 bits per heavy atom. The molecule has 1 atom stereocenters. The summed E-state index contributed by atoms with van der Waals surface area (Å²) in [4.78, 5) is 19.6. The third-order valence-electron chi connectivity index (χ3n) is 5.17. The van der Waals surface area contributed by atoms with E-state index in [1.807, 2.05) is 79.0 Å². The first-order valence-electron chi connectivity index (χ1n) is 11.2. The van der Waals surface area contributed by atoms with Crippen molar-refractivity contribution in [3.05, 3.63) is 102 Å². The Morgan fingerprint density at radius 3 is 2.60 bits per heavy atom. The Bertz CT molecular complexity index is 1200. The van der Waals surface area contributed by atoms with E-state index < -0.39 is 12.0 Å². The summed E-state index contributed by atoms with van der Waals surface area (Å²) in [7, 11) is 0. The van der Waals surface area contributed by atoms with Crippen LogP contribution in [0.5, 0.6) is 0 Å². The number of nitrogens with zero attached hydrogens (tertiary/aromatic N) is 3. The van der Waals surface area contributed by atoms with E-state index in [1.165, 1.54) is 0 Å². The number of nitriles is 1. The van der Waals surface area contributed by atoms with E-state index in [0.717, 1.165) is 22.3 Å². The fraction of sp³-hybridized carbons (Fsp3) is 0.185. The fourth-order valence-electron chi connectivity index (χ4n) is 3.53. The summed E-state index contributed by atoms with van der Waals surface area (Å²) >= 11 is 0. The van der Waals surface area contributed by atoms with Gasteiger partial charge in [0.15, 0.2) is 6.19 Å².